The summed E-state index contributed by atoms with van der Waals surface area (Å²) in [6.07, 6.45) is 0. The molecule has 2 aromatic heterocycles. The van der Waals surface area contributed by atoms with Crippen molar-refractivity contribution in [2.75, 3.05) is 0 Å². The van der Waals surface area contributed by atoms with Crippen molar-refractivity contribution in [3.63, 3.8) is 0 Å². The second kappa shape index (κ2) is 3.12. The van der Waals surface area contributed by atoms with Gasteiger partial charge >= 0.3 is 24.6 Å². The first-order valence-electron chi connectivity index (χ1n) is 3.06. The van der Waals surface area contributed by atoms with Gasteiger partial charge in [0, 0.05) is 0 Å². The van der Waals surface area contributed by atoms with Crippen LogP contribution in [0.2, 0.25) is 0 Å². The Morgan fingerprint density at radius 2 is 1.69 bits per heavy atom. The van der Waals surface area contributed by atoms with Gasteiger partial charge in [-0.05, 0) is 0 Å². The quantitative estimate of drug-likeness (QED) is 0.346. The van der Waals surface area contributed by atoms with Crippen molar-refractivity contribution in [2.24, 2.45) is 0 Å². The molecule has 3 N–H and O–H groups in total. The van der Waals surface area contributed by atoms with Gasteiger partial charge in [0.1, 0.15) is 5.52 Å². The van der Waals surface area contributed by atoms with Crippen molar-refractivity contribution in [3.8, 4) is 0 Å². The predicted molar refractivity (Wildman–Crippen MR) is 39.1 cm³/mol. The molecule has 62 valence electrons. The molecule has 0 aliphatic rings. The third-order valence-electron chi connectivity index (χ3n) is 1.38. The molecule has 0 radical (unpaired) electrons. The van der Waals surface area contributed by atoms with Crippen LogP contribution in [0.4, 0.5) is 0 Å². The fourth-order valence-electron chi connectivity index (χ4n) is 0.920. The van der Waals surface area contributed by atoms with Gasteiger partial charge in [-0.25, -0.2) is 4.79 Å². The summed E-state index contributed by atoms with van der Waals surface area (Å²) in [7, 11) is 0. The minimum absolute atomic E-state index is 0. The van der Waals surface area contributed by atoms with Crippen LogP contribution in [0, 0.1) is 0 Å². The molecule has 0 aliphatic carbocycles. The smallest absolute Gasteiger partial charge is 0.409 e. The number of nitrogens with one attached hydrogen (secondary N) is 3. The Balaban J connectivity index is 0.000000845. The zero-order valence-corrected chi connectivity index (χ0v) is 6.67. The molecule has 2 aromatic rings. The second-order valence-electron chi connectivity index (χ2n) is 2.18. The molecule has 0 aliphatic heterocycles. The van der Waals surface area contributed by atoms with Gasteiger partial charge in [-0.1, -0.05) is 0 Å². The van der Waals surface area contributed by atoms with Crippen LogP contribution in [0.5, 0.6) is 0 Å². The molecule has 2 rings (SSSR count). The summed E-state index contributed by atoms with van der Waals surface area (Å²) in [6.45, 7) is 0. The molecule has 0 spiro atoms. The maximum absolute atomic E-state index is 10.9. The summed E-state index contributed by atoms with van der Waals surface area (Å²) >= 11 is 0. The van der Waals surface area contributed by atoms with E-state index in [1.807, 2.05) is 0 Å². The fourth-order valence-corrected chi connectivity index (χ4v) is 0.920. The Kier molecular flexibility index (Phi) is 2.31. The average Bonchev–Trinajstić information content (AvgIpc) is 2.29. The summed E-state index contributed by atoms with van der Waals surface area (Å²) in [4.78, 5) is 41.8. The van der Waals surface area contributed by atoms with Crippen LogP contribution in [-0.4, -0.2) is 15.0 Å². The van der Waals surface area contributed by atoms with Crippen molar-refractivity contribution < 1.29 is 18.9 Å². The van der Waals surface area contributed by atoms with Crippen LogP contribution in [0.15, 0.2) is 14.4 Å². The van der Waals surface area contributed by atoms with Crippen LogP contribution < -0.4 is 40.8 Å². The number of rotatable bonds is 0. The van der Waals surface area contributed by atoms with Crippen molar-refractivity contribution in [1.82, 2.24) is 19.9 Å². The number of H-pyrrole nitrogens is 3. The first-order chi connectivity index (χ1) is 5.66. The number of nitrogens with zero attached hydrogens (tertiary/aromatic N) is 1. The van der Waals surface area contributed by atoms with Gasteiger partial charge in [-0.15, -0.1) is 0 Å². The average molecular weight is 174 g/mol. The van der Waals surface area contributed by atoms with Crippen molar-refractivity contribution >= 4 is 11.2 Å². The molecule has 13 heavy (non-hydrogen) atoms. The molecular formula is C5H3LiN4O3. The normalized spacial score (nSPS) is 9.85. The summed E-state index contributed by atoms with van der Waals surface area (Å²) in [5.41, 5.74) is -2.01. The second-order valence-corrected chi connectivity index (χ2v) is 2.18. The third kappa shape index (κ3) is 1.52. The van der Waals surface area contributed by atoms with Crippen LogP contribution in [0.3, 0.4) is 0 Å². The van der Waals surface area contributed by atoms with Gasteiger partial charge in [-0.3, -0.25) is 9.59 Å². The molecule has 0 atom stereocenters. The predicted octanol–water partition coefficient (Wildman–Crippen LogP) is -5.13. The molecule has 8 heteroatoms. The first kappa shape index (κ1) is 9.63. The summed E-state index contributed by atoms with van der Waals surface area (Å²) in [5, 5.41) is 0. The van der Waals surface area contributed by atoms with E-state index in [0.29, 0.717) is 0 Å². The SMILES string of the molecule is O=c1[n-]c(=O)c2[nH]c(=O)[nH]c2[nH]1.[Li+]. The number of hydrogen-bond donors (Lipinski definition) is 3. The summed E-state index contributed by atoms with van der Waals surface area (Å²) < 4.78 is 0. The number of aromatic nitrogens is 4. The number of hydrogen-bond acceptors (Lipinski definition) is 3. The largest absolute Gasteiger partial charge is 1.00 e. The molecule has 2 heterocycles. The minimum Gasteiger partial charge on any atom is -0.409 e. The van der Waals surface area contributed by atoms with E-state index >= 15 is 0 Å². The molecule has 0 bridgehead atoms. The van der Waals surface area contributed by atoms with Gasteiger partial charge < -0.3 is 19.9 Å². The fraction of sp³-hybridized carbons (Fsp3) is 0. The van der Waals surface area contributed by atoms with Gasteiger partial charge in [0.05, 0.1) is 5.65 Å². The van der Waals surface area contributed by atoms with Crippen molar-refractivity contribution in [3.05, 3.63) is 31.3 Å². The van der Waals surface area contributed by atoms with Gasteiger partial charge in [-0.2, -0.15) is 0 Å². The standard InChI is InChI=1S/C5H4N4O3.Li/c10-3-1-2(7-4(11)6-1)8-5(12)9-3;/h(H4,6,7,8,9,10,11,12);/q;+1/p-1. The molecule has 0 aromatic carbocycles. The molecular weight excluding hydrogens is 171 g/mol. The Labute approximate surface area is 81.8 Å². The first-order valence-corrected chi connectivity index (χ1v) is 3.06. The molecule has 0 unspecified atom stereocenters. The maximum atomic E-state index is 10.9. The maximum Gasteiger partial charge on any atom is 1.00 e. The number of aromatic amines is 3. The van der Waals surface area contributed by atoms with E-state index in [1.165, 1.54) is 0 Å². The van der Waals surface area contributed by atoms with Crippen LogP contribution in [0.25, 0.3) is 11.2 Å². The number of fused-ring (bicyclic) bond motifs is 1. The zero-order valence-electron chi connectivity index (χ0n) is 6.67. The van der Waals surface area contributed by atoms with Crippen LogP contribution in [0.1, 0.15) is 0 Å². The van der Waals surface area contributed by atoms with Gasteiger partial charge in [0.2, 0.25) is 0 Å². The Hall–Kier alpha value is -1.45. The zero-order chi connectivity index (χ0) is 8.72. The van der Waals surface area contributed by atoms with E-state index in [4.69, 9.17) is 0 Å². The Bertz CT molecular complexity index is 588. The van der Waals surface area contributed by atoms with E-state index in [2.05, 4.69) is 19.9 Å². The van der Waals surface area contributed by atoms with Crippen molar-refractivity contribution in [2.45, 2.75) is 0 Å². The molecule has 7 nitrogen and oxygen atoms in total. The Morgan fingerprint density at radius 3 is 2.38 bits per heavy atom. The van der Waals surface area contributed by atoms with Gasteiger partial charge in [0.15, 0.2) is 11.2 Å². The monoisotopic (exact) mass is 174 g/mol. The van der Waals surface area contributed by atoms with Crippen LogP contribution >= 0.6 is 0 Å². The molecule has 0 fully saturated rings. The van der Waals surface area contributed by atoms with Gasteiger partial charge in [0.25, 0.3) is 0 Å². The molecule has 0 amide bonds. The van der Waals surface area contributed by atoms with E-state index < -0.39 is 16.9 Å². The molecule has 0 saturated heterocycles. The van der Waals surface area contributed by atoms with Crippen molar-refractivity contribution in [1.29, 1.82) is 0 Å². The number of imidazole rings is 1. The van der Waals surface area contributed by atoms with Crippen LogP contribution in [-0.2, 0) is 0 Å². The third-order valence-corrected chi connectivity index (χ3v) is 1.38. The Morgan fingerprint density at radius 1 is 1.00 bits per heavy atom. The minimum atomic E-state index is -0.775. The topological polar surface area (TPSA) is 113 Å². The molecule has 0 saturated carbocycles. The van der Waals surface area contributed by atoms with E-state index in [9.17, 15) is 14.4 Å². The summed E-state index contributed by atoms with van der Waals surface area (Å²) in [5.74, 6) is 0. The van der Waals surface area contributed by atoms with E-state index in [0.717, 1.165) is 0 Å². The van der Waals surface area contributed by atoms with E-state index in [1.54, 1.807) is 0 Å². The van der Waals surface area contributed by atoms with E-state index in [-0.39, 0.29) is 30.0 Å². The summed E-state index contributed by atoms with van der Waals surface area (Å²) in [6, 6.07) is 0.